The molecular weight excluding hydrogens is 184 g/mol. The number of likely N-dealkylation sites (tertiary alicyclic amines) is 1. The van der Waals surface area contributed by atoms with Gasteiger partial charge in [-0.25, -0.2) is 0 Å². The van der Waals surface area contributed by atoms with E-state index in [1.165, 1.54) is 0 Å². The van der Waals surface area contributed by atoms with E-state index in [0.29, 0.717) is 6.54 Å². The largest absolute Gasteiger partial charge is 0.383 e. The molecule has 0 aromatic rings. The van der Waals surface area contributed by atoms with E-state index in [4.69, 9.17) is 5.11 Å². The number of aliphatic hydroxyl groups is 1. The van der Waals surface area contributed by atoms with E-state index in [0.717, 1.165) is 24.4 Å². The summed E-state index contributed by atoms with van der Waals surface area (Å²) in [5.41, 5.74) is 0. The molecule has 14 heavy (non-hydrogen) atoms. The van der Waals surface area contributed by atoms with Gasteiger partial charge in [-0.05, 0) is 19.5 Å². The van der Waals surface area contributed by atoms with Gasteiger partial charge in [0.1, 0.15) is 6.10 Å². The molecule has 5 heteroatoms. The number of rotatable bonds is 5. The van der Waals surface area contributed by atoms with Gasteiger partial charge in [0.2, 0.25) is 5.91 Å². The molecule has 0 bridgehead atoms. The highest BCUT2D eigenvalue weighted by Gasteiger charge is 2.36. The molecule has 5 nitrogen and oxygen atoms in total. The summed E-state index contributed by atoms with van der Waals surface area (Å²) < 4.78 is 0. The topological polar surface area (TPSA) is 69.6 Å². The fourth-order valence-electron chi connectivity index (χ4n) is 1.44. The van der Waals surface area contributed by atoms with Gasteiger partial charge >= 0.3 is 0 Å². The highest BCUT2D eigenvalue weighted by Crippen LogP contribution is 2.12. The van der Waals surface area contributed by atoms with Crippen LogP contribution in [0.1, 0.15) is 19.8 Å². The molecule has 0 aromatic heterocycles. The molecule has 0 aliphatic carbocycles. The van der Waals surface area contributed by atoms with E-state index < -0.39 is 12.0 Å². The minimum Gasteiger partial charge on any atom is -0.383 e. The maximum atomic E-state index is 11.2. The van der Waals surface area contributed by atoms with Crippen LogP contribution in [0, 0.1) is 0 Å². The smallest absolute Gasteiger partial charge is 0.258 e. The van der Waals surface area contributed by atoms with E-state index >= 15 is 0 Å². The number of imide groups is 1. The van der Waals surface area contributed by atoms with E-state index in [1.54, 1.807) is 0 Å². The van der Waals surface area contributed by atoms with Crippen LogP contribution in [0.4, 0.5) is 0 Å². The zero-order valence-corrected chi connectivity index (χ0v) is 8.32. The average Bonchev–Trinajstić information content (AvgIpc) is 2.38. The summed E-state index contributed by atoms with van der Waals surface area (Å²) in [5.74, 6) is -0.717. The Labute approximate surface area is 83.1 Å². The van der Waals surface area contributed by atoms with E-state index in [9.17, 15) is 9.59 Å². The van der Waals surface area contributed by atoms with E-state index in [2.05, 4.69) is 5.32 Å². The number of amides is 2. The fraction of sp³-hybridized carbons (Fsp3) is 0.778. The Morgan fingerprint density at radius 2 is 2.29 bits per heavy atom. The lowest BCUT2D eigenvalue weighted by Gasteiger charge is -2.13. The van der Waals surface area contributed by atoms with Crippen LogP contribution >= 0.6 is 0 Å². The first kappa shape index (κ1) is 11.1. The van der Waals surface area contributed by atoms with Crippen molar-refractivity contribution in [2.45, 2.75) is 25.9 Å². The lowest BCUT2D eigenvalue weighted by molar-refractivity contribution is -0.140. The van der Waals surface area contributed by atoms with Gasteiger partial charge in [-0.2, -0.15) is 0 Å². The Kier molecular flexibility index (Phi) is 4.03. The molecule has 0 saturated carbocycles. The van der Waals surface area contributed by atoms with Crippen LogP contribution in [0.3, 0.4) is 0 Å². The summed E-state index contributed by atoms with van der Waals surface area (Å²) >= 11 is 0. The van der Waals surface area contributed by atoms with Gasteiger partial charge in [0, 0.05) is 6.54 Å². The predicted molar refractivity (Wildman–Crippen MR) is 50.5 cm³/mol. The second kappa shape index (κ2) is 5.07. The van der Waals surface area contributed by atoms with Crippen molar-refractivity contribution in [3.63, 3.8) is 0 Å². The summed E-state index contributed by atoms with van der Waals surface area (Å²) in [6, 6.07) is 0. The second-order valence-corrected chi connectivity index (χ2v) is 3.31. The quantitative estimate of drug-likeness (QED) is 0.446. The molecule has 0 spiro atoms. The molecule has 1 fully saturated rings. The number of nitrogens with zero attached hydrogens (tertiary/aromatic N) is 1. The molecule has 0 radical (unpaired) electrons. The fourth-order valence-corrected chi connectivity index (χ4v) is 1.44. The molecular formula is C9H16N2O3. The second-order valence-electron chi connectivity index (χ2n) is 3.31. The molecule has 1 aliphatic rings. The average molecular weight is 200 g/mol. The van der Waals surface area contributed by atoms with Crippen LogP contribution in [0.5, 0.6) is 0 Å². The summed E-state index contributed by atoms with van der Waals surface area (Å²) in [6.07, 6.45) is -0.431. The first-order valence-electron chi connectivity index (χ1n) is 4.89. The molecule has 1 aliphatic heterocycles. The number of aliphatic hydroxyl groups excluding tert-OH is 1. The highest BCUT2D eigenvalue weighted by atomic mass is 16.3. The Morgan fingerprint density at radius 3 is 2.79 bits per heavy atom. The van der Waals surface area contributed by atoms with Crippen molar-refractivity contribution in [1.82, 2.24) is 10.2 Å². The van der Waals surface area contributed by atoms with Gasteiger partial charge in [0.05, 0.1) is 6.42 Å². The van der Waals surface area contributed by atoms with Gasteiger partial charge in [-0.3, -0.25) is 14.5 Å². The lowest BCUT2D eigenvalue weighted by atomic mass is 10.3. The molecule has 1 atom stereocenters. The van der Waals surface area contributed by atoms with Gasteiger partial charge in [0.15, 0.2) is 0 Å². The van der Waals surface area contributed by atoms with Crippen molar-refractivity contribution in [1.29, 1.82) is 0 Å². The Balaban J connectivity index is 2.30. The SMILES string of the molecule is CCNCCCN1C(=O)CC(O)C1=O. The number of nitrogens with one attached hydrogen (secondary N) is 1. The summed E-state index contributed by atoms with van der Waals surface area (Å²) in [7, 11) is 0. The molecule has 1 saturated heterocycles. The van der Waals surface area contributed by atoms with Crippen molar-refractivity contribution >= 4 is 11.8 Å². The standard InChI is InChI=1S/C9H16N2O3/c1-2-10-4-3-5-11-8(13)6-7(12)9(11)14/h7,10,12H,2-6H2,1H3. The molecule has 1 heterocycles. The van der Waals surface area contributed by atoms with Gasteiger partial charge in [-0.15, -0.1) is 0 Å². The van der Waals surface area contributed by atoms with Crippen LogP contribution < -0.4 is 5.32 Å². The third-order valence-electron chi connectivity index (χ3n) is 2.21. The van der Waals surface area contributed by atoms with Crippen molar-refractivity contribution < 1.29 is 14.7 Å². The van der Waals surface area contributed by atoms with Crippen LogP contribution in [-0.4, -0.2) is 47.6 Å². The van der Waals surface area contributed by atoms with Crippen molar-refractivity contribution in [2.24, 2.45) is 0 Å². The van der Waals surface area contributed by atoms with Crippen LogP contribution in [0.25, 0.3) is 0 Å². The normalized spacial score (nSPS) is 22.1. The summed E-state index contributed by atoms with van der Waals surface area (Å²) in [4.78, 5) is 23.5. The molecule has 80 valence electrons. The van der Waals surface area contributed by atoms with Crippen LogP contribution in [0.15, 0.2) is 0 Å². The van der Waals surface area contributed by atoms with E-state index in [1.807, 2.05) is 6.92 Å². The summed E-state index contributed by atoms with van der Waals surface area (Å²) in [5, 5.41) is 12.2. The zero-order chi connectivity index (χ0) is 10.6. The Hall–Kier alpha value is -0.940. The minimum atomic E-state index is -1.11. The van der Waals surface area contributed by atoms with E-state index in [-0.39, 0.29) is 12.3 Å². The Morgan fingerprint density at radius 1 is 1.57 bits per heavy atom. The maximum Gasteiger partial charge on any atom is 0.258 e. The third kappa shape index (κ3) is 2.52. The number of hydrogen-bond acceptors (Lipinski definition) is 4. The molecule has 1 rings (SSSR count). The lowest BCUT2D eigenvalue weighted by Crippen LogP contribution is -2.34. The molecule has 1 unspecified atom stereocenters. The van der Waals surface area contributed by atoms with Crippen molar-refractivity contribution in [3.8, 4) is 0 Å². The van der Waals surface area contributed by atoms with Crippen molar-refractivity contribution in [3.05, 3.63) is 0 Å². The van der Waals surface area contributed by atoms with Crippen molar-refractivity contribution in [2.75, 3.05) is 19.6 Å². The zero-order valence-electron chi connectivity index (χ0n) is 8.32. The molecule has 2 amide bonds. The molecule has 2 N–H and O–H groups in total. The minimum absolute atomic E-state index is 0.0555. The Bertz CT molecular complexity index is 230. The number of hydrogen-bond donors (Lipinski definition) is 2. The maximum absolute atomic E-state index is 11.2. The van der Waals surface area contributed by atoms with Crippen LogP contribution in [0.2, 0.25) is 0 Å². The monoisotopic (exact) mass is 200 g/mol. The first-order chi connectivity index (χ1) is 6.66. The third-order valence-corrected chi connectivity index (χ3v) is 2.21. The van der Waals surface area contributed by atoms with Gasteiger partial charge in [0.25, 0.3) is 5.91 Å². The van der Waals surface area contributed by atoms with Gasteiger partial charge in [-0.1, -0.05) is 6.92 Å². The summed E-state index contributed by atoms with van der Waals surface area (Å²) in [6.45, 7) is 4.06. The highest BCUT2D eigenvalue weighted by molar-refractivity contribution is 6.04. The van der Waals surface area contributed by atoms with Crippen LogP contribution in [-0.2, 0) is 9.59 Å². The predicted octanol–water partition coefficient (Wildman–Crippen LogP) is -0.894. The molecule has 0 aromatic carbocycles. The number of carbonyl (C=O) groups is 2. The van der Waals surface area contributed by atoms with Gasteiger partial charge < -0.3 is 10.4 Å². The number of carbonyl (C=O) groups excluding carboxylic acids is 2. The first-order valence-corrected chi connectivity index (χ1v) is 4.89.